The summed E-state index contributed by atoms with van der Waals surface area (Å²) in [6.45, 7) is 3.60. The van der Waals surface area contributed by atoms with Crippen molar-refractivity contribution in [2.24, 2.45) is 0 Å². The molecular weight excluding hydrogens is 459 g/mol. The number of sulfonamides is 1. The third-order valence-corrected chi connectivity index (χ3v) is 7.16. The van der Waals surface area contributed by atoms with Gasteiger partial charge in [0.25, 0.3) is 5.56 Å². The molecule has 0 bridgehead atoms. The van der Waals surface area contributed by atoms with E-state index in [2.05, 4.69) is 4.98 Å². The number of ether oxygens (including phenoxy) is 1. The smallest absolute Gasteiger partial charge is 0.422 e. The lowest BCUT2D eigenvalue weighted by Crippen LogP contribution is -2.38. The van der Waals surface area contributed by atoms with Gasteiger partial charge < -0.3 is 4.74 Å². The highest BCUT2D eigenvalue weighted by Crippen LogP contribution is 2.26. The molecular formula is C22H24F3N3O4S. The Kier molecular flexibility index (Phi) is 7.13. The van der Waals surface area contributed by atoms with Crippen LogP contribution in [0.3, 0.4) is 0 Å². The summed E-state index contributed by atoms with van der Waals surface area (Å²) < 4.78 is 69.9. The number of aromatic nitrogens is 2. The van der Waals surface area contributed by atoms with Crippen LogP contribution in [0.5, 0.6) is 5.75 Å². The first kappa shape index (κ1) is 24.7. The van der Waals surface area contributed by atoms with Gasteiger partial charge in [-0.2, -0.15) is 17.5 Å². The van der Waals surface area contributed by atoms with Gasteiger partial charge in [-0.15, -0.1) is 0 Å². The van der Waals surface area contributed by atoms with Gasteiger partial charge in [-0.25, -0.2) is 13.4 Å². The van der Waals surface area contributed by atoms with Gasteiger partial charge in [0.2, 0.25) is 10.0 Å². The van der Waals surface area contributed by atoms with E-state index in [0.717, 1.165) is 0 Å². The quantitative estimate of drug-likeness (QED) is 0.483. The lowest BCUT2D eigenvalue weighted by atomic mass is 10.2. The van der Waals surface area contributed by atoms with Crippen LogP contribution in [0.1, 0.15) is 32.6 Å². The molecule has 0 saturated carbocycles. The summed E-state index contributed by atoms with van der Waals surface area (Å²) in [7, 11) is -3.60. The average molecular weight is 484 g/mol. The van der Waals surface area contributed by atoms with Crippen molar-refractivity contribution in [3.8, 4) is 11.4 Å². The molecule has 1 heterocycles. The van der Waals surface area contributed by atoms with Gasteiger partial charge in [-0.05, 0) is 50.2 Å². The lowest BCUT2D eigenvalue weighted by molar-refractivity contribution is -0.153. The minimum Gasteiger partial charge on any atom is -0.484 e. The zero-order chi connectivity index (χ0) is 24.4. The highest BCUT2D eigenvalue weighted by molar-refractivity contribution is 7.89. The summed E-state index contributed by atoms with van der Waals surface area (Å²) >= 11 is 0. The predicted molar refractivity (Wildman–Crippen MR) is 119 cm³/mol. The molecule has 0 aliphatic rings. The Hall–Kier alpha value is -2.92. The van der Waals surface area contributed by atoms with E-state index in [4.69, 9.17) is 4.74 Å². The summed E-state index contributed by atoms with van der Waals surface area (Å²) in [5.74, 6) is 0.0616. The number of halogens is 3. The van der Waals surface area contributed by atoms with Crippen LogP contribution in [0, 0.1) is 0 Å². The zero-order valence-electron chi connectivity index (χ0n) is 18.3. The number of hydrogen-bond donors (Lipinski definition) is 0. The molecule has 0 spiro atoms. The van der Waals surface area contributed by atoms with E-state index in [1.165, 1.54) is 40.1 Å². The molecule has 3 aromatic rings. The maximum atomic E-state index is 13.4. The highest BCUT2D eigenvalue weighted by atomic mass is 32.2. The first-order valence-corrected chi connectivity index (χ1v) is 11.9. The summed E-state index contributed by atoms with van der Waals surface area (Å²) in [4.78, 5) is 18.0. The van der Waals surface area contributed by atoms with Crippen LogP contribution in [-0.2, 0) is 10.0 Å². The normalized spacial score (nSPS) is 13.4. The molecule has 0 amide bonds. The Morgan fingerprint density at radius 2 is 1.73 bits per heavy atom. The maximum absolute atomic E-state index is 13.4. The van der Waals surface area contributed by atoms with Crippen molar-refractivity contribution in [1.82, 2.24) is 13.9 Å². The van der Waals surface area contributed by atoms with Crippen molar-refractivity contribution < 1.29 is 26.3 Å². The molecule has 33 heavy (non-hydrogen) atoms. The molecule has 178 valence electrons. The number of nitrogens with zero attached hydrogens (tertiary/aromatic N) is 3. The van der Waals surface area contributed by atoms with Gasteiger partial charge in [0.05, 0.1) is 28.4 Å². The highest BCUT2D eigenvalue weighted by Gasteiger charge is 2.30. The van der Waals surface area contributed by atoms with E-state index in [1.54, 1.807) is 38.1 Å². The van der Waals surface area contributed by atoms with Crippen LogP contribution >= 0.6 is 0 Å². The Morgan fingerprint density at radius 1 is 1.09 bits per heavy atom. The van der Waals surface area contributed by atoms with Crippen molar-refractivity contribution in [1.29, 1.82) is 0 Å². The predicted octanol–water partition coefficient (Wildman–Crippen LogP) is 4.06. The van der Waals surface area contributed by atoms with Crippen LogP contribution < -0.4 is 10.3 Å². The molecule has 3 rings (SSSR count). The molecule has 1 aromatic heterocycles. The maximum Gasteiger partial charge on any atom is 0.422 e. The van der Waals surface area contributed by atoms with Gasteiger partial charge in [0.1, 0.15) is 11.6 Å². The van der Waals surface area contributed by atoms with Gasteiger partial charge >= 0.3 is 6.18 Å². The molecule has 11 heteroatoms. The standard InChI is InChI=1S/C22H24F3N3O4S/c1-4-27(33(30,31)5-2)15(3)20-26-19-9-7-6-8-18(19)21(29)28(20)16-10-12-17(13-11-16)32-14-22(23,24)25/h6-13,15H,4-5,14H2,1-3H3. The van der Waals surface area contributed by atoms with E-state index in [0.29, 0.717) is 16.6 Å². The summed E-state index contributed by atoms with van der Waals surface area (Å²) in [6, 6.07) is 11.4. The van der Waals surface area contributed by atoms with Crippen LogP contribution in [0.2, 0.25) is 0 Å². The number of hydrogen-bond acceptors (Lipinski definition) is 5. The fourth-order valence-electron chi connectivity index (χ4n) is 3.54. The molecule has 7 nitrogen and oxygen atoms in total. The van der Waals surface area contributed by atoms with Crippen molar-refractivity contribution in [3.63, 3.8) is 0 Å². The minimum absolute atomic E-state index is 0.0174. The van der Waals surface area contributed by atoms with Gasteiger partial charge in [-0.3, -0.25) is 9.36 Å². The van der Waals surface area contributed by atoms with Crippen molar-refractivity contribution in [2.75, 3.05) is 18.9 Å². The Morgan fingerprint density at radius 3 is 2.30 bits per heavy atom. The van der Waals surface area contributed by atoms with Crippen LogP contribution in [0.4, 0.5) is 13.2 Å². The third kappa shape index (κ3) is 5.36. The number of para-hydroxylation sites is 1. The largest absolute Gasteiger partial charge is 0.484 e. The van der Waals surface area contributed by atoms with Gasteiger partial charge in [0.15, 0.2) is 6.61 Å². The number of fused-ring (bicyclic) bond motifs is 1. The van der Waals surface area contributed by atoms with E-state index >= 15 is 0 Å². The van der Waals surface area contributed by atoms with E-state index < -0.39 is 34.4 Å². The third-order valence-electron chi connectivity index (χ3n) is 5.14. The Labute approximate surface area is 189 Å². The van der Waals surface area contributed by atoms with Gasteiger partial charge in [-0.1, -0.05) is 19.1 Å². The lowest BCUT2D eigenvalue weighted by Gasteiger charge is -2.28. The van der Waals surface area contributed by atoms with Crippen LogP contribution in [0.15, 0.2) is 53.3 Å². The van der Waals surface area contributed by atoms with Crippen molar-refractivity contribution in [2.45, 2.75) is 33.0 Å². The second-order valence-electron chi connectivity index (χ2n) is 7.31. The van der Waals surface area contributed by atoms with Crippen LogP contribution in [0.25, 0.3) is 16.6 Å². The van der Waals surface area contributed by atoms with E-state index in [-0.39, 0.29) is 23.9 Å². The number of rotatable bonds is 8. The first-order valence-electron chi connectivity index (χ1n) is 10.3. The molecule has 2 aromatic carbocycles. The monoisotopic (exact) mass is 483 g/mol. The van der Waals surface area contributed by atoms with Crippen molar-refractivity contribution >= 4 is 20.9 Å². The average Bonchev–Trinajstić information content (AvgIpc) is 2.78. The second-order valence-corrected chi connectivity index (χ2v) is 9.52. The number of benzene rings is 2. The summed E-state index contributed by atoms with van der Waals surface area (Å²) in [6.07, 6.45) is -4.48. The first-order chi connectivity index (χ1) is 15.5. The molecule has 1 atom stereocenters. The molecule has 1 unspecified atom stereocenters. The molecule has 0 aliphatic carbocycles. The Balaban J connectivity index is 2.16. The molecule has 0 fully saturated rings. The molecule has 0 N–H and O–H groups in total. The summed E-state index contributed by atoms with van der Waals surface area (Å²) in [5.41, 5.74) is 0.316. The SMILES string of the molecule is CCN(C(C)c1nc2ccccc2c(=O)n1-c1ccc(OCC(F)(F)F)cc1)S(=O)(=O)CC. The molecule has 0 radical (unpaired) electrons. The fourth-order valence-corrected chi connectivity index (χ4v) is 4.84. The van der Waals surface area contributed by atoms with E-state index in [9.17, 15) is 26.4 Å². The zero-order valence-corrected chi connectivity index (χ0v) is 19.2. The minimum atomic E-state index is -4.48. The second kappa shape index (κ2) is 9.52. The fraction of sp³-hybridized carbons (Fsp3) is 0.364. The topological polar surface area (TPSA) is 81.5 Å². The molecule has 0 aliphatic heterocycles. The number of alkyl halides is 3. The van der Waals surface area contributed by atoms with Gasteiger partial charge in [0, 0.05) is 6.54 Å². The van der Waals surface area contributed by atoms with E-state index in [1.807, 2.05) is 0 Å². The van der Waals surface area contributed by atoms with Crippen molar-refractivity contribution in [3.05, 3.63) is 64.7 Å². The summed E-state index contributed by atoms with van der Waals surface area (Å²) in [5, 5.41) is 0.326. The molecule has 0 saturated heterocycles. The Bertz CT molecular complexity index is 1290. The van der Waals surface area contributed by atoms with Crippen LogP contribution in [-0.4, -0.2) is 47.4 Å².